The summed E-state index contributed by atoms with van der Waals surface area (Å²) < 4.78 is 4.73. The van der Waals surface area contributed by atoms with E-state index >= 15 is 0 Å². The van der Waals surface area contributed by atoms with E-state index in [-0.39, 0.29) is 10.8 Å². The van der Waals surface area contributed by atoms with Crippen LogP contribution in [-0.4, -0.2) is 19.1 Å². The normalized spacial score (nSPS) is 12.6. The van der Waals surface area contributed by atoms with Crippen molar-refractivity contribution in [3.63, 3.8) is 0 Å². The SMILES string of the molecule is CC(C)(C)c1ccnc(-c2ccc3c4ccccc4n(-c4ccc5c6ccccc6n(-c6cc(C(C)(C)C)ccn6)c5c4)c3c2)c1. The second-order valence-electron chi connectivity index (χ2n) is 14.5. The number of aromatic nitrogens is 4. The zero-order valence-electron chi connectivity index (χ0n) is 27.3. The van der Waals surface area contributed by atoms with Crippen LogP contribution in [0.25, 0.3) is 66.4 Å². The van der Waals surface area contributed by atoms with Crippen molar-refractivity contribution in [2.45, 2.75) is 52.4 Å². The number of hydrogen-bond acceptors (Lipinski definition) is 2. The van der Waals surface area contributed by atoms with Gasteiger partial charge in [-0.2, -0.15) is 0 Å². The van der Waals surface area contributed by atoms with Crippen LogP contribution in [0.4, 0.5) is 0 Å². The quantitative estimate of drug-likeness (QED) is 0.203. The van der Waals surface area contributed by atoms with Gasteiger partial charge in [-0.15, -0.1) is 0 Å². The van der Waals surface area contributed by atoms with Gasteiger partial charge < -0.3 is 4.57 Å². The van der Waals surface area contributed by atoms with Gasteiger partial charge in [-0.1, -0.05) is 96.1 Å². The minimum absolute atomic E-state index is 0.0174. The summed E-state index contributed by atoms with van der Waals surface area (Å²) in [5.41, 5.74) is 10.5. The first kappa shape index (κ1) is 28.3. The summed E-state index contributed by atoms with van der Waals surface area (Å²) in [4.78, 5) is 9.71. The van der Waals surface area contributed by atoms with Gasteiger partial charge in [0.25, 0.3) is 0 Å². The van der Waals surface area contributed by atoms with Gasteiger partial charge in [-0.3, -0.25) is 9.55 Å². The number of rotatable bonds is 3. The highest BCUT2D eigenvalue weighted by atomic mass is 15.1. The maximum absolute atomic E-state index is 4.91. The van der Waals surface area contributed by atoms with Gasteiger partial charge >= 0.3 is 0 Å². The van der Waals surface area contributed by atoms with E-state index in [1.165, 1.54) is 38.2 Å². The second kappa shape index (κ2) is 10.1. The van der Waals surface area contributed by atoms with E-state index in [9.17, 15) is 0 Å². The van der Waals surface area contributed by atoms with Crippen LogP contribution in [0.2, 0.25) is 0 Å². The molecule has 4 heteroatoms. The third-order valence-electron chi connectivity index (χ3n) is 9.35. The molecule has 0 bridgehead atoms. The van der Waals surface area contributed by atoms with E-state index in [1.807, 2.05) is 12.4 Å². The Morgan fingerprint density at radius 3 is 1.67 bits per heavy atom. The summed E-state index contributed by atoms with van der Waals surface area (Å²) in [7, 11) is 0. The second-order valence-corrected chi connectivity index (χ2v) is 14.5. The lowest BCUT2D eigenvalue weighted by Gasteiger charge is -2.20. The highest BCUT2D eigenvalue weighted by Crippen LogP contribution is 2.38. The molecule has 0 aliphatic carbocycles. The van der Waals surface area contributed by atoms with Crippen molar-refractivity contribution >= 4 is 43.6 Å². The summed E-state index contributed by atoms with van der Waals surface area (Å²) in [6.45, 7) is 13.5. The van der Waals surface area contributed by atoms with Gasteiger partial charge in [0.1, 0.15) is 5.82 Å². The summed E-state index contributed by atoms with van der Waals surface area (Å²) in [5.74, 6) is 0.935. The van der Waals surface area contributed by atoms with E-state index in [1.54, 1.807) is 0 Å². The maximum Gasteiger partial charge on any atom is 0.137 e. The zero-order chi connectivity index (χ0) is 31.8. The van der Waals surface area contributed by atoms with Crippen molar-refractivity contribution in [3.8, 4) is 22.8 Å². The maximum atomic E-state index is 4.91. The van der Waals surface area contributed by atoms with Gasteiger partial charge in [0.15, 0.2) is 0 Å². The van der Waals surface area contributed by atoms with Crippen LogP contribution in [0, 0.1) is 0 Å². The molecular formula is C42H38N4. The van der Waals surface area contributed by atoms with Crippen molar-refractivity contribution in [1.82, 2.24) is 19.1 Å². The predicted octanol–water partition coefficient (Wildman–Crippen LogP) is 10.9. The molecule has 0 spiro atoms. The first-order chi connectivity index (χ1) is 22.1. The molecule has 0 amide bonds. The first-order valence-electron chi connectivity index (χ1n) is 16.1. The standard InChI is InChI=1S/C42H38N4/c1-41(2,3)28-19-21-43-35(24-28)27-15-17-33-31-11-7-9-13-36(31)45(38(33)23-27)30-16-18-34-32-12-8-10-14-37(32)46(39(34)26-30)40-25-29(20-22-44-40)42(4,5)6/h7-26H,1-6H3. The molecule has 0 atom stereocenters. The van der Waals surface area contributed by atoms with Crippen LogP contribution in [0.3, 0.4) is 0 Å². The summed E-state index contributed by atoms with van der Waals surface area (Å²) in [6.07, 6.45) is 3.88. The Bertz CT molecular complexity index is 2440. The molecule has 46 heavy (non-hydrogen) atoms. The van der Waals surface area contributed by atoms with E-state index in [0.29, 0.717) is 0 Å². The number of para-hydroxylation sites is 2. The Morgan fingerprint density at radius 1 is 0.457 bits per heavy atom. The Hall–Kier alpha value is -5.22. The van der Waals surface area contributed by atoms with Crippen molar-refractivity contribution in [3.05, 3.63) is 133 Å². The molecule has 226 valence electrons. The Balaban J connectivity index is 1.40. The Morgan fingerprint density at radius 2 is 1.00 bits per heavy atom. The van der Waals surface area contributed by atoms with Crippen molar-refractivity contribution in [1.29, 1.82) is 0 Å². The lowest BCUT2D eigenvalue weighted by molar-refractivity contribution is 0.588. The average molecular weight is 599 g/mol. The van der Waals surface area contributed by atoms with Gasteiger partial charge in [-0.05, 0) is 76.6 Å². The van der Waals surface area contributed by atoms with E-state index < -0.39 is 0 Å². The zero-order valence-corrected chi connectivity index (χ0v) is 27.3. The van der Waals surface area contributed by atoms with E-state index in [4.69, 9.17) is 9.97 Å². The molecule has 8 aromatic rings. The molecule has 0 aliphatic rings. The third kappa shape index (κ3) is 4.51. The van der Waals surface area contributed by atoms with Crippen LogP contribution in [-0.2, 0) is 10.8 Å². The number of nitrogens with zero attached hydrogens (tertiary/aromatic N) is 4. The summed E-state index contributed by atoms with van der Waals surface area (Å²) in [6, 6.07) is 39.7. The summed E-state index contributed by atoms with van der Waals surface area (Å²) >= 11 is 0. The first-order valence-corrected chi connectivity index (χ1v) is 16.1. The third-order valence-corrected chi connectivity index (χ3v) is 9.35. The number of hydrogen-bond donors (Lipinski definition) is 0. The monoisotopic (exact) mass is 598 g/mol. The number of pyridine rings is 2. The minimum Gasteiger partial charge on any atom is -0.309 e. The van der Waals surface area contributed by atoms with E-state index in [0.717, 1.165) is 39.3 Å². The molecule has 0 fully saturated rings. The predicted molar refractivity (Wildman–Crippen MR) is 194 cm³/mol. The molecule has 0 unspecified atom stereocenters. The molecule has 0 radical (unpaired) electrons. The fraction of sp³-hybridized carbons (Fsp3) is 0.190. The lowest BCUT2D eigenvalue weighted by atomic mass is 9.87. The number of benzene rings is 4. The van der Waals surface area contributed by atoms with Crippen molar-refractivity contribution in [2.24, 2.45) is 0 Å². The van der Waals surface area contributed by atoms with E-state index in [2.05, 4.69) is 160 Å². The topological polar surface area (TPSA) is 35.6 Å². The highest BCUT2D eigenvalue weighted by Gasteiger charge is 2.20. The molecule has 4 nitrogen and oxygen atoms in total. The molecule has 4 aromatic carbocycles. The van der Waals surface area contributed by atoms with Crippen molar-refractivity contribution in [2.75, 3.05) is 0 Å². The molecular weight excluding hydrogens is 560 g/mol. The smallest absolute Gasteiger partial charge is 0.137 e. The lowest BCUT2D eigenvalue weighted by Crippen LogP contribution is -2.12. The van der Waals surface area contributed by atoms with Gasteiger partial charge in [0.2, 0.25) is 0 Å². The van der Waals surface area contributed by atoms with Crippen LogP contribution in [0.1, 0.15) is 52.7 Å². The molecule has 4 heterocycles. The van der Waals surface area contributed by atoms with Crippen LogP contribution in [0.15, 0.2) is 122 Å². The fourth-order valence-electron chi connectivity index (χ4n) is 6.82. The van der Waals surface area contributed by atoms with Crippen LogP contribution < -0.4 is 0 Å². The highest BCUT2D eigenvalue weighted by molar-refractivity contribution is 6.12. The molecule has 0 N–H and O–H groups in total. The molecule has 8 rings (SSSR count). The largest absolute Gasteiger partial charge is 0.309 e. The Labute approximate surface area is 270 Å². The Kier molecular flexibility index (Phi) is 6.24. The summed E-state index contributed by atoms with van der Waals surface area (Å²) in [5, 5.41) is 4.90. The molecule has 0 aliphatic heterocycles. The molecule has 4 aromatic heterocycles. The van der Waals surface area contributed by atoms with Gasteiger partial charge in [-0.25, -0.2) is 4.98 Å². The van der Waals surface area contributed by atoms with Crippen LogP contribution >= 0.6 is 0 Å². The molecule has 0 saturated carbocycles. The average Bonchev–Trinajstić information content (AvgIpc) is 3.56. The minimum atomic E-state index is 0.0174. The van der Waals surface area contributed by atoms with Crippen LogP contribution in [0.5, 0.6) is 0 Å². The molecule has 0 saturated heterocycles. The van der Waals surface area contributed by atoms with Gasteiger partial charge in [0, 0.05) is 45.2 Å². The fourth-order valence-corrected chi connectivity index (χ4v) is 6.82. The number of fused-ring (bicyclic) bond motifs is 6. The van der Waals surface area contributed by atoms with Crippen molar-refractivity contribution < 1.29 is 0 Å². The van der Waals surface area contributed by atoms with Gasteiger partial charge in [0.05, 0.1) is 27.8 Å².